The fourth-order valence-electron chi connectivity index (χ4n) is 0.976. The summed E-state index contributed by atoms with van der Waals surface area (Å²) in [5.41, 5.74) is 0. The zero-order valence-corrected chi connectivity index (χ0v) is 8.82. The second kappa shape index (κ2) is 6.62. The first-order chi connectivity index (χ1) is 6.83. The van der Waals surface area contributed by atoms with Crippen LogP contribution in [0.1, 0.15) is 0 Å². The van der Waals surface area contributed by atoms with Crippen molar-refractivity contribution >= 4 is 11.8 Å². The summed E-state index contributed by atoms with van der Waals surface area (Å²) in [5, 5.41) is 3.20. The van der Waals surface area contributed by atoms with E-state index in [2.05, 4.69) is 11.9 Å². The minimum atomic E-state index is -0.181. The van der Waals surface area contributed by atoms with Crippen molar-refractivity contribution in [2.24, 2.45) is 0 Å². The molecule has 1 aromatic rings. The van der Waals surface area contributed by atoms with Crippen LogP contribution in [0.15, 0.2) is 41.8 Å². The summed E-state index contributed by atoms with van der Waals surface area (Å²) < 4.78 is 12.5. The maximum absolute atomic E-state index is 12.5. The lowest BCUT2D eigenvalue weighted by Gasteiger charge is -2.01. The van der Waals surface area contributed by atoms with Crippen molar-refractivity contribution in [1.29, 1.82) is 0 Å². The van der Waals surface area contributed by atoms with Gasteiger partial charge in [-0.05, 0) is 24.3 Å². The van der Waals surface area contributed by atoms with E-state index in [0.717, 1.165) is 23.7 Å². The average molecular weight is 211 g/mol. The number of hydrogen-bond acceptors (Lipinski definition) is 2. The van der Waals surface area contributed by atoms with Crippen molar-refractivity contribution in [3.63, 3.8) is 0 Å². The maximum Gasteiger partial charge on any atom is 0.123 e. The normalized spacial score (nSPS) is 10.1. The van der Waals surface area contributed by atoms with Crippen LogP contribution in [-0.4, -0.2) is 18.8 Å². The highest BCUT2D eigenvalue weighted by Gasteiger charge is 1.93. The third-order valence-electron chi connectivity index (χ3n) is 1.65. The lowest BCUT2D eigenvalue weighted by molar-refractivity contribution is 0.626. The van der Waals surface area contributed by atoms with E-state index in [4.69, 9.17) is 0 Å². The van der Waals surface area contributed by atoms with Crippen molar-refractivity contribution in [2.75, 3.05) is 18.8 Å². The van der Waals surface area contributed by atoms with Gasteiger partial charge in [0.25, 0.3) is 0 Å². The molecule has 0 radical (unpaired) electrons. The molecule has 0 saturated carbocycles. The SMILES string of the molecule is C=CCNCCSc1ccc(F)cc1. The van der Waals surface area contributed by atoms with Crippen LogP contribution in [0.3, 0.4) is 0 Å². The van der Waals surface area contributed by atoms with Crippen LogP contribution < -0.4 is 5.32 Å². The molecule has 0 aliphatic heterocycles. The molecule has 0 aromatic heterocycles. The first-order valence-corrected chi connectivity index (χ1v) is 5.51. The molecule has 0 fully saturated rings. The standard InChI is InChI=1S/C11H14FNS/c1-2-7-13-8-9-14-11-5-3-10(12)4-6-11/h2-6,13H,1,7-9H2. The van der Waals surface area contributed by atoms with Crippen LogP contribution in [-0.2, 0) is 0 Å². The molecule has 0 spiro atoms. The van der Waals surface area contributed by atoms with Crippen LogP contribution in [0.2, 0.25) is 0 Å². The molecule has 0 aliphatic rings. The van der Waals surface area contributed by atoms with E-state index in [9.17, 15) is 4.39 Å². The third-order valence-corrected chi connectivity index (χ3v) is 2.66. The Labute approximate surface area is 88.4 Å². The molecule has 1 rings (SSSR count). The van der Waals surface area contributed by atoms with E-state index in [1.54, 1.807) is 23.9 Å². The summed E-state index contributed by atoms with van der Waals surface area (Å²) in [6.45, 7) is 5.39. The molecule has 1 aromatic carbocycles. The van der Waals surface area contributed by atoms with Crippen LogP contribution in [0.25, 0.3) is 0 Å². The van der Waals surface area contributed by atoms with Gasteiger partial charge in [0.1, 0.15) is 5.82 Å². The van der Waals surface area contributed by atoms with Crippen LogP contribution in [0.4, 0.5) is 4.39 Å². The highest BCUT2D eigenvalue weighted by atomic mass is 32.2. The second-order valence-corrected chi connectivity index (χ2v) is 3.96. The van der Waals surface area contributed by atoms with Crippen LogP contribution >= 0.6 is 11.8 Å². The number of halogens is 1. The van der Waals surface area contributed by atoms with Gasteiger partial charge in [-0.3, -0.25) is 0 Å². The van der Waals surface area contributed by atoms with Gasteiger partial charge in [-0.15, -0.1) is 18.3 Å². The zero-order chi connectivity index (χ0) is 10.2. The highest BCUT2D eigenvalue weighted by molar-refractivity contribution is 7.99. The Hall–Kier alpha value is -0.800. The van der Waals surface area contributed by atoms with Crippen LogP contribution in [0.5, 0.6) is 0 Å². The summed E-state index contributed by atoms with van der Waals surface area (Å²) in [6, 6.07) is 6.57. The minimum Gasteiger partial charge on any atom is -0.312 e. The van der Waals surface area contributed by atoms with Crippen LogP contribution in [0, 0.1) is 5.82 Å². The molecule has 0 saturated heterocycles. The highest BCUT2D eigenvalue weighted by Crippen LogP contribution is 2.16. The predicted molar refractivity (Wildman–Crippen MR) is 60.2 cm³/mol. The van der Waals surface area contributed by atoms with Gasteiger partial charge in [-0.2, -0.15) is 0 Å². The van der Waals surface area contributed by atoms with Gasteiger partial charge in [-0.25, -0.2) is 4.39 Å². The largest absolute Gasteiger partial charge is 0.312 e. The lowest BCUT2D eigenvalue weighted by atomic mass is 10.4. The van der Waals surface area contributed by atoms with Gasteiger partial charge in [0.05, 0.1) is 0 Å². The van der Waals surface area contributed by atoms with Gasteiger partial charge < -0.3 is 5.32 Å². The number of nitrogens with one attached hydrogen (secondary N) is 1. The molecule has 76 valence electrons. The maximum atomic E-state index is 12.5. The van der Waals surface area contributed by atoms with Gasteiger partial charge in [-0.1, -0.05) is 6.08 Å². The van der Waals surface area contributed by atoms with Crippen molar-refractivity contribution < 1.29 is 4.39 Å². The van der Waals surface area contributed by atoms with Gasteiger partial charge >= 0.3 is 0 Å². The van der Waals surface area contributed by atoms with Gasteiger partial charge in [0, 0.05) is 23.7 Å². The molecule has 0 unspecified atom stereocenters. The molecule has 0 aliphatic carbocycles. The fourth-order valence-corrected chi connectivity index (χ4v) is 1.79. The molecule has 0 bridgehead atoms. The summed E-state index contributed by atoms with van der Waals surface area (Å²) >= 11 is 1.72. The van der Waals surface area contributed by atoms with Crippen molar-refractivity contribution in [3.05, 3.63) is 42.7 Å². The summed E-state index contributed by atoms with van der Waals surface area (Å²) in [5.74, 6) is 0.804. The van der Waals surface area contributed by atoms with Gasteiger partial charge in [0.15, 0.2) is 0 Å². The molecular formula is C11H14FNS. The van der Waals surface area contributed by atoms with Crippen molar-refractivity contribution in [1.82, 2.24) is 5.32 Å². The van der Waals surface area contributed by atoms with E-state index in [1.807, 2.05) is 6.08 Å². The topological polar surface area (TPSA) is 12.0 Å². The van der Waals surface area contributed by atoms with Crippen molar-refractivity contribution in [2.45, 2.75) is 4.90 Å². The smallest absolute Gasteiger partial charge is 0.123 e. The summed E-state index contributed by atoms with van der Waals surface area (Å²) in [7, 11) is 0. The van der Waals surface area contributed by atoms with Gasteiger partial charge in [0.2, 0.25) is 0 Å². The van der Waals surface area contributed by atoms with E-state index < -0.39 is 0 Å². The van der Waals surface area contributed by atoms with E-state index in [1.165, 1.54) is 12.1 Å². The Bertz CT molecular complexity index is 271. The molecule has 0 atom stereocenters. The summed E-state index contributed by atoms with van der Waals surface area (Å²) in [6.07, 6.45) is 1.84. The predicted octanol–water partition coefficient (Wildman–Crippen LogP) is 2.69. The molecule has 0 amide bonds. The van der Waals surface area contributed by atoms with E-state index in [0.29, 0.717) is 0 Å². The monoisotopic (exact) mass is 211 g/mol. The number of thioether (sulfide) groups is 1. The Kier molecular flexibility index (Phi) is 5.33. The molecule has 0 heterocycles. The molecular weight excluding hydrogens is 197 g/mol. The Morgan fingerprint density at radius 2 is 2.07 bits per heavy atom. The first kappa shape index (κ1) is 11.3. The summed E-state index contributed by atoms with van der Waals surface area (Å²) in [4.78, 5) is 1.10. The van der Waals surface area contributed by atoms with Crippen molar-refractivity contribution in [3.8, 4) is 0 Å². The van der Waals surface area contributed by atoms with E-state index in [-0.39, 0.29) is 5.82 Å². The quantitative estimate of drug-likeness (QED) is 0.441. The molecule has 1 N–H and O–H groups in total. The molecule has 3 heteroatoms. The Morgan fingerprint density at radius 3 is 2.71 bits per heavy atom. The number of benzene rings is 1. The fraction of sp³-hybridized carbons (Fsp3) is 0.273. The Morgan fingerprint density at radius 1 is 1.36 bits per heavy atom. The molecule has 1 nitrogen and oxygen atoms in total. The average Bonchev–Trinajstić information content (AvgIpc) is 2.21. The second-order valence-electron chi connectivity index (χ2n) is 2.80. The minimum absolute atomic E-state index is 0.181. The Balaban J connectivity index is 2.18. The number of rotatable bonds is 6. The zero-order valence-electron chi connectivity index (χ0n) is 8.00. The lowest BCUT2D eigenvalue weighted by Crippen LogP contribution is -2.16. The molecule has 14 heavy (non-hydrogen) atoms. The first-order valence-electron chi connectivity index (χ1n) is 4.53. The van der Waals surface area contributed by atoms with E-state index >= 15 is 0 Å². The number of hydrogen-bond donors (Lipinski definition) is 1. The third kappa shape index (κ3) is 4.44.